The van der Waals surface area contributed by atoms with Gasteiger partial charge in [-0.1, -0.05) is 0 Å². The topological polar surface area (TPSA) is 157 Å². The number of hydrogen-bond donors (Lipinski definition) is 4. The van der Waals surface area contributed by atoms with E-state index in [-0.39, 0.29) is 24.3 Å². The zero-order valence-corrected chi connectivity index (χ0v) is 17.3. The van der Waals surface area contributed by atoms with Crippen LogP contribution < -0.4 is 14.2 Å². The van der Waals surface area contributed by atoms with Gasteiger partial charge in [0.25, 0.3) is 0 Å². The van der Waals surface area contributed by atoms with Crippen LogP contribution in [0, 0.1) is 0 Å². The van der Waals surface area contributed by atoms with E-state index in [1.54, 1.807) is 6.07 Å². The molecular formula is C20H26O11. The maximum absolute atomic E-state index is 11.6. The number of ether oxygens (including phenoxy) is 5. The van der Waals surface area contributed by atoms with E-state index in [0.29, 0.717) is 22.6 Å². The van der Waals surface area contributed by atoms with Gasteiger partial charge < -0.3 is 48.5 Å². The molecule has 11 nitrogen and oxygen atoms in total. The van der Waals surface area contributed by atoms with Crippen LogP contribution in [0.5, 0.6) is 17.2 Å². The molecule has 0 amide bonds. The van der Waals surface area contributed by atoms with Crippen LogP contribution in [0.15, 0.2) is 16.7 Å². The third-order valence-electron chi connectivity index (χ3n) is 5.15. The minimum atomic E-state index is -1.59. The molecule has 0 bridgehead atoms. The van der Waals surface area contributed by atoms with Crippen molar-refractivity contribution in [3.8, 4) is 28.4 Å². The number of esters is 1. The number of rotatable bonds is 8. The van der Waals surface area contributed by atoms with Crippen LogP contribution in [0.2, 0.25) is 0 Å². The van der Waals surface area contributed by atoms with Crippen molar-refractivity contribution in [1.82, 2.24) is 0 Å². The molecule has 31 heavy (non-hydrogen) atoms. The number of hydrogen-bond acceptors (Lipinski definition) is 11. The van der Waals surface area contributed by atoms with Crippen LogP contribution in [-0.4, -0.2) is 85.0 Å². The van der Waals surface area contributed by atoms with Gasteiger partial charge in [0.2, 0.25) is 6.29 Å². The zero-order chi connectivity index (χ0) is 22.7. The van der Waals surface area contributed by atoms with E-state index in [9.17, 15) is 25.2 Å². The van der Waals surface area contributed by atoms with E-state index in [1.165, 1.54) is 27.6 Å². The molecule has 0 radical (unpaired) electrons. The first-order chi connectivity index (χ1) is 14.9. The highest BCUT2D eigenvalue weighted by Gasteiger charge is 2.45. The molecule has 0 aromatic rings. The molecule has 0 aromatic heterocycles. The van der Waals surface area contributed by atoms with Crippen LogP contribution in [-0.2, 0) is 20.7 Å². The molecule has 1 saturated heterocycles. The van der Waals surface area contributed by atoms with Gasteiger partial charge >= 0.3 is 5.97 Å². The first-order valence-corrected chi connectivity index (χ1v) is 9.55. The van der Waals surface area contributed by atoms with Gasteiger partial charge in [-0.05, 0) is 6.07 Å². The Morgan fingerprint density at radius 1 is 1.06 bits per heavy atom. The average Bonchev–Trinajstić information content (AvgIpc) is 3.15. The normalized spacial score (nSPS) is 26.0. The van der Waals surface area contributed by atoms with Crippen LogP contribution in [0.25, 0.3) is 11.1 Å². The van der Waals surface area contributed by atoms with Gasteiger partial charge in [0.1, 0.15) is 36.4 Å². The average molecular weight is 442 g/mol. The van der Waals surface area contributed by atoms with Gasteiger partial charge in [0.05, 0.1) is 39.9 Å². The standard InChI is InChI=1S/C20H26O11/c1-26-13-8-29-10(4-5-14(22)27-2)15-9(13)6-11(19(15)28-3)30-20-18(25)17(24)16(23)12(7-21)31-20/h6,8,12,16-18,20-21,23-25H,4-5,7H2,1-3H3/t12-,16-,17+,18-,20-/m1/s1. The van der Waals surface area contributed by atoms with Crippen LogP contribution in [0.1, 0.15) is 12.2 Å². The summed E-state index contributed by atoms with van der Waals surface area (Å²) in [5.74, 6) is 0.748. The largest absolute Gasteiger partial charge is 0.493 e. The molecule has 3 aliphatic rings. The molecule has 4 N–H and O–H groups in total. The molecule has 11 heteroatoms. The number of methoxy groups -OCH3 is 3. The highest BCUT2D eigenvalue weighted by atomic mass is 16.7. The highest BCUT2D eigenvalue weighted by Crippen LogP contribution is 2.50. The highest BCUT2D eigenvalue weighted by molar-refractivity contribution is 5.85. The molecule has 0 saturated carbocycles. The summed E-state index contributed by atoms with van der Waals surface area (Å²) in [6, 6.07) is 1.58. The van der Waals surface area contributed by atoms with Crippen molar-refractivity contribution in [2.24, 2.45) is 0 Å². The summed E-state index contributed by atoms with van der Waals surface area (Å²) >= 11 is 0. The predicted octanol–water partition coefficient (Wildman–Crippen LogP) is -0.314. The predicted molar refractivity (Wildman–Crippen MR) is 103 cm³/mol. The summed E-state index contributed by atoms with van der Waals surface area (Å²) in [6.45, 7) is -0.588. The Labute approximate surface area is 178 Å². The Morgan fingerprint density at radius 2 is 1.81 bits per heavy atom. The van der Waals surface area contributed by atoms with Crippen LogP contribution in [0.4, 0.5) is 0 Å². The van der Waals surface area contributed by atoms with Gasteiger partial charge in [-0.15, -0.1) is 0 Å². The summed E-state index contributed by atoms with van der Waals surface area (Å²) < 4.78 is 32.3. The molecule has 172 valence electrons. The number of carbonyl (C=O) groups is 1. The minimum Gasteiger partial charge on any atom is -0.493 e. The van der Waals surface area contributed by atoms with E-state index in [4.69, 9.17) is 23.4 Å². The zero-order valence-electron chi connectivity index (χ0n) is 17.3. The second-order valence-electron chi connectivity index (χ2n) is 6.95. The molecule has 2 heterocycles. The lowest BCUT2D eigenvalue weighted by Crippen LogP contribution is -2.60. The quantitative estimate of drug-likeness (QED) is 0.397. The van der Waals surface area contributed by atoms with E-state index in [1.807, 2.05) is 0 Å². The van der Waals surface area contributed by atoms with Gasteiger partial charge in [-0.25, -0.2) is 0 Å². The van der Waals surface area contributed by atoms with Gasteiger partial charge in [-0.2, -0.15) is 0 Å². The van der Waals surface area contributed by atoms with Gasteiger partial charge in [0, 0.05) is 12.0 Å². The van der Waals surface area contributed by atoms with Crippen molar-refractivity contribution in [3.05, 3.63) is 18.1 Å². The first kappa shape index (κ1) is 23.1. The van der Waals surface area contributed by atoms with Crippen LogP contribution >= 0.6 is 0 Å². The molecule has 0 spiro atoms. The van der Waals surface area contributed by atoms with Crippen molar-refractivity contribution in [2.75, 3.05) is 27.9 Å². The van der Waals surface area contributed by atoms with E-state index < -0.39 is 43.3 Å². The maximum Gasteiger partial charge on any atom is 0.305 e. The SMILES string of the molecule is COC(=O)CCc1occ(OC)c2cc(O[C@@H]3O[C@H](CO)[C@@H](O)[C@H](O)[C@H]3O)c(OC)c1-2. The molecule has 1 fully saturated rings. The second-order valence-corrected chi connectivity index (χ2v) is 6.95. The van der Waals surface area contributed by atoms with Crippen molar-refractivity contribution in [1.29, 1.82) is 0 Å². The Bertz CT molecular complexity index is 861. The Hall–Kier alpha value is -2.57. The first-order valence-electron chi connectivity index (χ1n) is 9.55. The van der Waals surface area contributed by atoms with E-state index in [2.05, 4.69) is 4.74 Å². The third-order valence-corrected chi connectivity index (χ3v) is 5.15. The minimum absolute atomic E-state index is 0.0681. The van der Waals surface area contributed by atoms with Crippen molar-refractivity contribution < 1.29 is 53.3 Å². The summed E-state index contributed by atoms with van der Waals surface area (Å²) in [6.07, 6.45) is -5.55. The number of aliphatic hydroxyl groups excluding tert-OH is 4. The van der Waals surface area contributed by atoms with Crippen LogP contribution in [0.3, 0.4) is 0 Å². The number of aliphatic hydroxyl groups is 4. The number of carbonyl (C=O) groups excluding carboxylic acids is 1. The van der Waals surface area contributed by atoms with E-state index in [0.717, 1.165) is 0 Å². The monoisotopic (exact) mass is 442 g/mol. The fourth-order valence-electron chi connectivity index (χ4n) is 3.47. The Kier molecular flexibility index (Phi) is 7.23. The summed E-state index contributed by atoms with van der Waals surface area (Å²) in [4.78, 5) is 11.6. The number of fused-ring (bicyclic) bond motifs is 1. The molecule has 2 aliphatic heterocycles. The molecular weight excluding hydrogens is 416 g/mol. The molecule has 0 unspecified atom stereocenters. The van der Waals surface area contributed by atoms with Crippen molar-refractivity contribution in [3.63, 3.8) is 0 Å². The fraction of sp³-hybridized carbons (Fsp3) is 0.550. The molecule has 3 rings (SSSR count). The molecule has 1 aliphatic carbocycles. The third kappa shape index (κ3) is 4.41. The van der Waals surface area contributed by atoms with Crippen molar-refractivity contribution >= 4 is 5.97 Å². The van der Waals surface area contributed by atoms with Gasteiger partial charge in [0.15, 0.2) is 17.2 Å². The Morgan fingerprint density at radius 3 is 2.42 bits per heavy atom. The lowest BCUT2D eigenvalue weighted by molar-refractivity contribution is -0.277. The smallest absolute Gasteiger partial charge is 0.305 e. The lowest BCUT2D eigenvalue weighted by Gasteiger charge is -2.39. The molecule has 5 atom stereocenters. The Balaban J connectivity index is 1.98. The molecule has 0 aromatic carbocycles. The van der Waals surface area contributed by atoms with Crippen molar-refractivity contribution in [2.45, 2.75) is 43.5 Å². The summed E-state index contributed by atoms with van der Waals surface area (Å²) in [5.41, 5.74) is 1.05. The second kappa shape index (κ2) is 9.71. The number of aryl methyl sites for hydroxylation is 1. The van der Waals surface area contributed by atoms with Gasteiger partial charge in [-0.3, -0.25) is 4.79 Å². The van der Waals surface area contributed by atoms with E-state index >= 15 is 0 Å². The summed E-state index contributed by atoms with van der Waals surface area (Å²) in [5, 5.41) is 39.6. The fourth-order valence-corrected chi connectivity index (χ4v) is 3.47. The maximum atomic E-state index is 11.6. The summed E-state index contributed by atoms with van der Waals surface area (Å²) in [7, 11) is 4.15. The lowest BCUT2D eigenvalue weighted by atomic mass is 9.99.